The maximum Gasteiger partial charge on any atom is 0.263 e. The van der Waals surface area contributed by atoms with Gasteiger partial charge in [-0.05, 0) is 44.9 Å². The van der Waals surface area contributed by atoms with Crippen molar-refractivity contribution >= 4 is 28.8 Å². The zero-order valence-electron chi connectivity index (χ0n) is 14.0. The highest BCUT2D eigenvalue weighted by Gasteiger charge is 2.28. The Morgan fingerprint density at radius 2 is 2.00 bits per heavy atom. The summed E-state index contributed by atoms with van der Waals surface area (Å²) < 4.78 is 0.687. The molecule has 3 heterocycles. The predicted molar refractivity (Wildman–Crippen MR) is 96.5 cm³/mol. The highest BCUT2D eigenvalue weighted by atomic mass is 35.5. The molecular formula is C17H26ClN3OS. The molecule has 0 aliphatic carbocycles. The smallest absolute Gasteiger partial charge is 0.263 e. The third-order valence-electron chi connectivity index (χ3n) is 5.15. The lowest BCUT2D eigenvalue weighted by Crippen LogP contribution is -2.52. The molecule has 0 bridgehead atoms. The molecule has 2 aliphatic heterocycles. The van der Waals surface area contributed by atoms with Crippen molar-refractivity contribution in [2.45, 2.75) is 25.8 Å². The number of carbonyl (C=O) groups excluding carboxylic acids is 1. The third kappa shape index (κ3) is 4.27. The lowest BCUT2D eigenvalue weighted by molar-refractivity contribution is 0.0559. The van der Waals surface area contributed by atoms with Crippen molar-refractivity contribution in [2.75, 3.05) is 46.3 Å². The first-order valence-corrected chi connectivity index (χ1v) is 9.69. The van der Waals surface area contributed by atoms with E-state index in [1.165, 1.54) is 31.0 Å². The number of thiophene rings is 1. The van der Waals surface area contributed by atoms with Gasteiger partial charge in [0.2, 0.25) is 0 Å². The SMILES string of the molecule is C[C@H]1CN(C)CCN1CC1CCN(C(=O)c2ccc(Cl)s2)CC1. The Morgan fingerprint density at radius 1 is 1.26 bits per heavy atom. The topological polar surface area (TPSA) is 26.8 Å². The number of rotatable bonds is 3. The van der Waals surface area contributed by atoms with E-state index in [9.17, 15) is 4.79 Å². The maximum atomic E-state index is 12.5. The van der Waals surface area contributed by atoms with E-state index in [2.05, 4.69) is 23.8 Å². The molecule has 128 valence electrons. The zero-order chi connectivity index (χ0) is 16.4. The van der Waals surface area contributed by atoms with Crippen molar-refractivity contribution in [3.8, 4) is 0 Å². The van der Waals surface area contributed by atoms with Crippen LogP contribution in [0, 0.1) is 5.92 Å². The Labute approximate surface area is 148 Å². The van der Waals surface area contributed by atoms with Gasteiger partial charge in [-0.3, -0.25) is 9.69 Å². The van der Waals surface area contributed by atoms with Crippen molar-refractivity contribution in [2.24, 2.45) is 5.92 Å². The van der Waals surface area contributed by atoms with Crippen LogP contribution in [-0.2, 0) is 0 Å². The Morgan fingerprint density at radius 3 is 2.61 bits per heavy atom. The highest BCUT2D eigenvalue weighted by Crippen LogP contribution is 2.26. The number of amides is 1. The molecule has 0 radical (unpaired) electrons. The van der Waals surface area contributed by atoms with Gasteiger partial charge in [-0.15, -0.1) is 11.3 Å². The molecule has 1 atom stereocenters. The fourth-order valence-corrected chi connectivity index (χ4v) is 4.69. The van der Waals surface area contributed by atoms with Crippen molar-refractivity contribution in [1.29, 1.82) is 0 Å². The molecule has 2 saturated heterocycles. The molecule has 0 spiro atoms. The first-order valence-electron chi connectivity index (χ1n) is 8.50. The molecule has 1 aromatic heterocycles. The third-order valence-corrected chi connectivity index (χ3v) is 6.37. The van der Waals surface area contributed by atoms with Gasteiger partial charge >= 0.3 is 0 Å². The lowest BCUT2D eigenvalue weighted by Gasteiger charge is -2.41. The van der Waals surface area contributed by atoms with Crippen LogP contribution in [0.25, 0.3) is 0 Å². The van der Waals surface area contributed by atoms with Gasteiger partial charge in [0.25, 0.3) is 5.91 Å². The van der Waals surface area contributed by atoms with Crippen LogP contribution in [0.4, 0.5) is 0 Å². The van der Waals surface area contributed by atoms with Crippen LogP contribution in [0.5, 0.6) is 0 Å². The number of piperidine rings is 1. The van der Waals surface area contributed by atoms with Gasteiger partial charge in [0.1, 0.15) is 0 Å². The predicted octanol–water partition coefficient (Wildman–Crippen LogP) is 2.89. The maximum absolute atomic E-state index is 12.5. The molecule has 0 aromatic carbocycles. The summed E-state index contributed by atoms with van der Waals surface area (Å²) in [5.74, 6) is 0.866. The number of hydrogen-bond acceptors (Lipinski definition) is 4. The molecule has 3 rings (SSSR count). The number of halogens is 1. The normalized spacial score (nSPS) is 25.0. The van der Waals surface area contributed by atoms with E-state index in [1.54, 1.807) is 6.07 Å². The quantitative estimate of drug-likeness (QED) is 0.834. The number of piperazine rings is 1. The Balaban J connectivity index is 1.48. The van der Waals surface area contributed by atoms with E-state index in [0.717, 1.165) is 43.3 Å². The summed E-state index contributed by atoms with van der Waals surface area (Å²) in [6.45, 7) is 8.76. The summed E-state index contributed by atoms with van der Waals surface area (Å²) in [6.07, 6.45) is 2.23. The van der Waals surface area contributed by atoms with E-state index in [1.807, 2.05) is 11.0 Å². The van der Waals surface area contributed by atoms with Gasteiger partial charge in [0, 0.05) is 45.3 Å². The van der Waals surface area contributed by atoms with Crippen molar-refractivity contribution in [3.05, 3.63) is 21.3 Å². The number of likely N-dealkylation sites (N-methyl/N-ethyl adjacent to an activating group) is 1. The van der Waals surface area contributed by atoms with Crippen LogP contribution in [0.1, 0.15) is 29.4 Å². The largest absolute Gasteiger partial charge is 0.338 e. The van der Waals surface area contributed by atoms with Crippen LogP contribution >= 0.6 is 22.9 Å². The number of hydrogen-bond donors (Lipinski definition) is 0. The Hall–Kier alpha value is -0.620. The first kappa shape index (κ1) is 17.2. The van der Waals surface area contributed by atoms with Gasteiger partial charge < -0.3 is 9.80 Å². The second kappa shape index (κ2) is 7.51. The molecular weight excluding hydrogens is 330 g/mol. The minimum Gasteiger partial charge on any atom is -0.338 e. The van der Waals surface area contributed by atoms with Crippen LogP contribution in [-0.4, -0.2) is 73.0 Å². The molecule has 0 unspecified atom stereocenters. The molecule has 0 N–H and O–H groups in total. The summed E-state index contributed by atoms with van der Waals surface area (Å²) in [6, 6.07) is 4.29. The van der Waals surface area contributed by atoms with Crippen molar-refractivity contribution < 1.29 is 4.79 Å². The van der Waals surface area contributed by atoms with Gasteiger partial charge in [-0.25, -0.2) is 0 Å². The molecule has 4 nitrogen and oxygen atoms in total. The second-order valence-electron chi connectivity index (χ2n) is 6.95. The van der Waals surface area contributed by atoms with E-state index in [4.69, 9.17) is 11.6 Å². The average molecular weight is 356 g/mol. The molecule has 2 fully saturated rings. The van der Waals surface area contributed by atoms with E-state index >= 15 is 0 Å². The molecule has 6 heteroatoms. The summed E-state index contributed by atoms with van der Waals surface area (Å²) in [5, 5.41) is 0. The van der Waals surface area contributed by atoms with E-state index in [0.29, 0.717) is 10.4 Å². The van der Waals surface area contributed by atoms with Crippen LogP contribution in [0.2, 0.25) is 4.34 Å². The first-order chi connectivity index (χ1) is 11.0. The molecule has 23 heavy (non-hydrogen) atoms. The van der Waals surface area contributed by atoms with Crippen LogP contribution in [0.15, 0.2) is 12.1 Å². The Kier molecular flexibility index (Phi) is 5.62. The van der Waals surface area contributed by atoms with E-state index < -0.39 is 0 Å². The monoisotopic (exact) mass is 355 g/mol. The number of likely N-dealkylation sites (tertiary alicyclic amines) is 1. The minimum atomic E-state index is 0.147. The standard InChI is InChI=1S/C17H26ClN3OS/c1-13-11-19(2)9-10-21(13)12-14-5-7-20(8-6-14)17(22)15-3-4-16(18)23-15/h3-4,13-14H,5-12H2,1-2H3/t13-/m0/s1. The fourth-order valence-electron chi connectivity index (χ4n) is 3.68. The van der Waals surface area contributed by atoms with Crippen LogP contribution < -0.4 is 0 Å². The average Bonchev–Trinajstić information content (AvgIpc) is 2.97. The van der Waals surface area contributed by atoms with Crippen molar-refractivity contribution in [3.63, 3.8) is 0 Å². The molecule has 0 saturated carbocycles. The molecule has 1 amide bonds. The highest BCUT2D eigenvalue weighted by molar-refractivity contribution is 7.17. The van der Waals surface area contributed by atoms with Gasteiger partial charge in [-0.2, -0.15) is 0 Å². The molecule has 1 aromatic rings. The summed E-state index contributed by atoms with van der Waals surface area (Å²) in [7, 11) is 2.20. The number of nitrogens with zero attached hydrogens (tertiary/aromatic N) is 3. The van der Waals surface area contributed by atoms with Gasteiger partial charge in [0.15, 0.2) is 0 Å². The van der Waals surface area contributed by atoms with Gasteiger partial charge in [0.05, 0.1) is 9.21 Å². The minimum absolute atomic E-state index is 0.147. The van der Waals surface area contributed by atoms with Gasteiger partial charge in [-0.1, -0.05) is 11.6 Å². The summed E-state index contributed by atoms with van der Waals surface area (Å²) >= 11 is 7.32. The van der Waals surface area contributed by atoms with Crippen LogP contribution in [0.3, 0.4) is 0 Å². The summed E-state index contributed by atoms with van der Waals surface area (Å²) in [4.78, 5) is 20.3. The number of carbonyl (C=O) groups is 1. The zero-order valence-corrected chi connectivity index (χ0v) is 15.6. The summed E-state index contributed by atoms with van der Waals surface area (Å²) in [5.41, 5.74) is 0. The lowest BCUT2D eigenvalue weighted by atomic mass is 9.95. The van der Waals surface area contributed by atoms with Crippen molar-refractivity contribution in [1.82, 2.24) is 14.7 Å². The second-order valence-corrected chi connectivity index (χ2v) is 8.66. The van der Waals surface area contributed by atoms with E-state index in [-0.39, 0.29) is 5.91 Å². The molecule has 2 aliphatic rings. The fraction of sp³-hybridized carbons (Fsp3) is 0.706. The Bertz CT molecular complexity index is 542.